The first-order valence-electron chi connectivity index (χ1n) is 7.03. The smallest absolute Gasteiger partial charge is 0.138 e. The molecule has 4 heteroatoms. The van der Waals surface area contributed by atoms with E-state index in [0.29, 0.717) is 12.6 Å². The molecule has 0 amide bonds. The molecule has 0 aliphatic rings. The molecule has 0 radical (unpaired) electrons. The molecule has 0 spiro atoms. The number of carbonyl (C=O) groups excluding carboxylic acids is 1. The molecule has 20 heavy (non-hydrogen) atoms. The van der Waals surface area contributed by atoms with Crippen LogP contribution in [-0.2, 0) is 4.79 Å². The molecule has 0 aromatic heterocycles. The summed E-state index contributed by atoms with van der Waals surface area (Å²) in [5.74, 6) is 0.827. The molecule has 1 aromatic rings. The predicted octanol–water partition coefficient (Wildman–Crippen LogP) is 4.15. The zero-order valence-corrected chi connectivity index (χ0v) is 14.9. The van der Waals surface area contributed by atoms with Gasteiger partial charge in [-0.05, 0) is 40.5 Å². The SMILES string of the molecule is CC.COc1ccc(C(CNC(C)C)C(C)=O)cc1Br. The number of methoxy groups -OCH3 is 1. The summed E-state index contributed by atoms with van der Waals surface area (Å²) < 4.78 is 6.06. The van der Waals surface area contributed by atoms with Crippen molar-refractivity contribution in [1.82, 2.24) is 5.32 Å². The Labute approximate surface area is 131 Å². The number of hydrogen-bond acceptors (Lipinski definition) is 3. The summed E-state index contributed by atoms with van der Waals surface area (Å²) in [4.78, 5) is 11.7. The number of ketones is 1. The monoisotopic (exact) mass is 343 g/mol. The van der Waals surface area contributed by atoms with Crippen LogP contribution in [0.15, 0.2) is 22.7 Å². The average Bonchev–Trinajstić information content (AvgIpc) is 2.40. The molecule has 1 atom stereocenters. The molecular weight excluding hydrogens is 318 g/mol. The highest BCUT2D eigenvalue weighted by atomic mass is 79.9. The zero-order chi connectivity index (χ0) is 15.7. The van der Waals surface area contributed by atoms with E-state index in [2.05, 4.69) is 35.1 Å². The maximum atomic E-state index is 11.7. The van der Waals surface area contributed by atoms with Crippen molar-refractivity contribution in [2.24, 2.45) is 0 Å². The molecular formula is C16H26BrNO2. The Morgan fingerprint density at radius 3 is 2.35 bits per heavy atom. The minimum absolute atomic E-state index is 0.116. The van der Waals surface area contributed by atoms with E-state index in [1.165, 1.54) is 0 Å². The molecule has 0 heterocycles. The second-order valence-electron chi connectivity index (χ2n) is 4.62. The summed E-state index contributed by atoms with van der Waals surface area (Å²) in [5.41, 5.74) is 1.00. The van der Waals surface area contributed by atoms with E-state index in [1.807, 2.05) is 32.0 Å². The van der Waals surface area contributed by atoms with Gasteiger partial charge in [-0.25, -0.2) is 0 Å². The maximum Gasteiger partial charge on any atom is 0.138 e. The molecule has 114 valence electrons. The number of hydrogen-bond donors (Lipinski definition) is 1. The minimum atomic E-state index is -0.116. The van der Waals surface area contributed by atoms with Gasteiger partial charge in [0.2, 0.25) is 0 Å². The van der Waals surface area contributed by atoms with Gasteiger partial charge in [0.05, 0.1) is 17.5 Å². The Bertz CT molecular complexity index is 419. The maximum absolute atomic E-state index is 11.7. The van der Waals surface area contributed by atoms with Crippen LogP contribution in [0, 0.1) is 0 Å². The molecule has 0 saturated heterocycles. The van der Waals surface area contributed by atoms with Gasteiger partial charge in [0, 0.05) is 12.6 Å². The second-order valence-corrected chi connectivity index (χ2v) is 5.47. The fourth-order valence-corrected chi connectivity index (χ4v) is 2.31. The third-order valence-corrected chi connectivity index (χ3v) is 3.42. The number of carbonyl (C=O) groups is 1. The predicted molar refractivity (Wildman–Crippen MR) is 88.6 cm³/mol. The number of ether oxygens (including phenoxy) is 1. The zero-order valence-electron chi connectivity index (χ0n) is 13.3. The second kappa shape index (κ2) is 9.94. The van der Waals surface area contributed by atoms with Gasteiger partial charge in [-0.2, -0.15) is 0 Å². The first-order chi connectivity index (χ1) is 9.45. The van der Waals surface area contributed by atoms with Crippen LogP contribution >= 0.6 is 15.9 Å². The number of benzene rings is 1. The van der Waals surface area contributed by atoms with Gasteiger partial charge in [-0.3, -0.25) is 4.79 Å². The van der Waals surface area contributed by atoms with Crippen molar-refractivity contribution >= 4 is 21.7 Å². The molecule has 3 nitrogen and oxygen atoms in total. The third-order valence-electron chi connectivity index (χ3n) is 2.80. The molecule has 0 saturated carbocycles. The van der Waals surface area contributed by atoms with E-state index >= 15 is 0 Å². The summed E-state index contributed by atoms with van der Waals surface area (Å²) >= 11 is 3.45. The van der Waals surface area contributed by atoms with Crippen LogP contribution in [0.4, 0.5) is 0 Å². The van der Waals surface area contributed by atoms with Crippen molar-refractivity contribution in [2.45, 2.75) is 46.6 Å². The van der Waals surface area contributed by atoms with Crippen molar-refractivity contribution in [3.05, 3.63) is 28.2 Å². The fourth-order valence-electron chi connectivity index (χ4n) is 1.75. The summed E-state index contributed by atoms with van der Waals surface area (Å²) in [7, 11) is 1.63. The van der Waals surface area contributed by atoms with Crippen LogP contribution in [0.2, 0.25) is 0 Å². The van der Waals surface area contributed by atoms with Crippen LogP contribution in [0.25, 0.3) is 0 Å². The van der Waals surface area contributed by atoms with Gasteiger partial charge in [-0.15, -0.1) is 0 Å². The molecule has 0 aliphatic heterocycles. The summed E-state index contributed by atoms with van der Waals surface area (Å²) in [6.07, 6.45) is 0. The van der Waals surface area contributed by atoms with E-state index in [1.54, 1.807) is 14.0 Å². The van der Waals surface area contributed by atoms with Crippen LogP contribution in [-0.4, -0.2) is 25.5 Å². The lowest BCUT2D eigenvalue weighted by Crippen LogP contribution is -2.30. The van der Waals surface area contributed by atoms with Gasteiger partial charge in [0.15, 0.2) is 0 Å². The lowest BCUT2D eigenvalue weighted by molar-refractivity contribution is -0.118. The van der Waals surface area contributed by atoms with Crippen LogP contribution in [0.3, 0.4) is 0 Å². The van der Waals surface area contributed by atoms with Crippen LogP contribution in [0.1, 0.15) is 46.1 Å². The van der Waals surface area contributed by atoms with E-state index in [-0.39, 0.29) is 11.7 Å². The van der Waals surface area contributed by atoms with Crippen LogP contribution < -0.4 is 10.1 Å². The Balaban J connectivity index is 0.00000172. The van der Waals surface area contributed by atoms with E-state index < -0.39 is 0 Å². The van der Waals surface area contributed by atoms with Gasteiger partial charge in [0.1, 0.15) is 11.5 Å². The Morgan fingerprint density at radius 1 is 1.35 bits per heavy atom. The fraction of sp³-hybridized carbons (Fsp3) is 0.562. The van der Waals surface area contributed by atoms with E-state index in [4.69, 9.17) is 4.74 Å². The lowest BCUT2D eigenvalue weighted by Gasteiger charge is -2.18. The van der Waals surface area contributed by atoms with Crippen molar-refractivity contribution < 1.29 is 9.53 Å². The Hall–Kier alpha value is -0.870. The standard InChI is InChI=1S/C14H20BrNO2.C2H6/c1-9(2)16-8-12(10(3)17)11-5-6-14(18-4)13(15)7-11;1-2/h5-7,9,12,16H,8H2,1-4H3;1-2H3. The van der Waals surface area contributed by atoms with Gasteiger partial charge in [0.25, 0.3) is 0 Å². The highest BCUT2D eigenvalue weighted by Crippen LogP contribution is 2.29. The average molecular weight is 344 g/mol. The molecule has 0 aliphatic carbocycles. The molecule has 0 bridgehead atoms. The van der Waals surface area contributed by atoms with E-state index in [9.17, 15) is 4.79 Å². The van der Waals surface area contributed by atoms with Crippen LogP contribution in [0.5, 0.6) is 5.75 Å². The summed E-state index contributed by atoms with van der Waals surface area (Å²) in [5, 5.41) is 3.31. The van der Waals surface area contributed by atoms with Crippen molar-refractivity contribution in [1.29, 1.82) is 0 Å². The normalized spacial score (nSPS) is 11.6. The third kappa shape index (κ3) is 6.06. The lowest BCUT2D eigenvalue weighted by atomic mass is 9.95. The molecule has 1 unspecified atom stereocenters. The molecule has 1 N–H and O–H groups in total. The Morgan fingerprint density at radius 2 is 1.95 bits per heavy atom. The number of nitrogens with one attached hydrogen (secondary N) is 1. The van der Waals surface area contributed by atoms with Gasteiger partial charge >= 0.3 is 0 Å². The highest BCUT2D eigenvalue weighted by Gasteiger charge is 2.18. The van der Waals surface area contributed by atoms with Gasteiger partial charge < -0.3 is 10.1 Å². The van der Waals surface area contributed by atoms with Crippen molar-refractivity contribution in [3.63, 3.8) is 0 Å². The first kappa shape index (κ1) is 19.1. The molecule has 0 fully saturated rings. The Kier molecular flexibility index (Phi) is 9.51. The van der Waals surface area contributed by atoms with Crippen molar-refractivity contribution in [3.8, 4) is 5.75 Å². The molecule has 1 aromatic carbocycles. The number of rotatable bonds is 6. The van der Waals surface area contributed by atoms with Gasteiger partial charge in [-0.1, -0.05) is 33.8 Å². The highest BCUT2D eigenvalue weighted by molar-refractivity contribution is 9.10. The topological polar surface area (TPSA) is 38.3 Å². The minimum Gasteiger partial charge on any atom is -0.496 e. The summed E-state index contributed by atoms with van der Waals surface area (Å²) in [6, 6.07) is 6.14. The first-order valence-corrected chi connectivity index (χ1v) is 7.82. The quantitative estimate of drug-likeness (QED) is 0.842. The number of Topliss-reactive ketones (excluding diaryl/α,β-unsaturated/α-hetero) is 1. The van der Waals surface area contributed by atoms with E-state index in [0.717, 1.165) is 15.8 Å². The number of halogens is 1. The van der Waals surface area contributed by atoms with Crippen molar-refractivity contribution in [2.75, 3.05) is 13.7 Å². The largest absolute Gasteiger partial charge is 0.496 e. The summed E-state index contributed by atoms with van der Waals surface area (Å²) in [6.45, 7) is 10.4. The molecule has 1 rings (SSSR count).